The van der Waals surface area contributed by atoms with E-state index in [2.05, 4.69) is 41.4 Å². The number of benzene rings is 1. The van der Waals surface area contributed by atoms with E-state index in [1.54, 1.807) is 0 Å². The van der Waals surface area contributed by atoms with Crippen molar-refractivity contribution in [3.8, 4) is 0 Å². The topological polar surface area (TPSA) is 30.2 Å². The average Bonchev–Trinajstić information content (AvgIpc) is 2.76. The maximum Gasteiger partial charge on any atom is 0.105 e. The number of aromatic nitrogens is 2. The summed E-state index contributed by atoms with van der Waals surface area (Å²) in [6, 6.07) is 2.24. The molecule has 0 bridgehead atoms. The lowest BCUT2D eigenvalue weighted by molar-refractivity contribution is 0.753. The molecule has 0 fully saturated rings. The molecule has 0 amide bonds. The van der Waals surface area contributed by atoms with E-state index in [0.29, 0.717) is 0 Å². The number of aryl methyl sites for hydroxylation is 3. The zero-order valence-corrected chi connectivity index (χ0v) is 12.4. The Morgan fingerprint density at radius 2 is 1.95 bits per heavy atom. The van der Waals surface area contributed by atoms with Crippen LogP contribution in [0.2, 0.25) is 0 Å². The van der Waals surface area contributed by atoms with Crippen molar-refractivity contribution in [2.45, 2.75) is 34.2 Å². The molecule has 3 heteroatoms. The third kappa shape index (κ3) is 2.60. The molecule has 19 heavy (non-hydrogen) atoms. The summed E-state index contributed by atoms with van der Waals surface area (Å²) in [4.78, 5) is 8.45. The van der Waals surface area contributed by atoms with Crippen LogP contribution in [0.15, 0.2) is 23.5 Å². The summed E-state index contributed by atoms with van der Waals surface area (Å²) in [6.45, 7) is 9.40. The Morgan fingerprint density at radius 3 is 2.53 bits per heavy atom. The summed E-state index contributed by atoms with van der Waals surface area (Å²) in [5.41, 5.74) is 6.53. The largest absolute Gasteiger partial charge is 0.331 e. The van der Waals surface area contributed by atoms with Gasteiger partial charge in [-0.05, 0) is 55.5 Å². The third-order valence-electron chi connectivity index (χ3n) is 3.70. The van der Waals surface area contributed by atoms with Crippen LogP contribution in [0.5, 0.6) is 0 Å². The second-order valence-electron chi connectivity index (χ2n) is 5.02. The molecule has 2 aromatic rings. The van der Waals surface area contributed by atoms with E-state index in [9.17, 15) is 0 Å². The van der Waals surface area contributed by atoms with Gasteiger partial charge >= 0.3 is 0 Å². The van der Waals surface area contributed by atoms with Crippen LogP contribution in [0.1, 0.15) is 33.6 Å². The highest BCUT2D eigenvalue weighted by Crippen LogP contribution is 2.22. The van der Waals surface area contributed by atoms with Gasteiger partial charge in [0.2, 0.25) is 0 Å². The summed E-state index contributed by atoms with van der Waals surface area (Å²) in [5.74, 6) is 1.05. The van der Waals surface area contributed by atoms with Crippen molar-refractivity contribution in [1.29, 1.82) is 0 Å². The lowest BCUT2D eigenvalue weighted by atomic mass is 9.94. The smallest absolute Gasteiger partial charge is 0.105 e. The molecular weight excluding hydrogens is 234 g/mol. The molecule has 0 atom stereocenters. The molecule has 0 saturated carbocycles. The summed E-state index contributed by atoms with van der Waals surface area (Å²) in [5, 5.41) is 0. The lowest BCUT2D eigenvalue weighted by Crippen LogP contribution is -2.07. The van der Waals surface area contributed by atoms with Crippen molar-refractivity contribution < 1.29 is 0 Å². The molecule has 0 saturated heterocycles. The molecule has 100 valence electrons. The van der Waals surface area contributed by atoms with E-state index in [1.807, 2.05) is 32.6 Å². The third-order valence-corrected chi connectivity index (χ3v) is 3.70. The van der Waals surface area contributed by atoms with Gasteiger partial charge in [-0.25, -0.2) is 4.98 Å². The van der Waals surface area contributed by atoms with Crippen molar-refractivity contribution >= 4 is 6.21 Å². The number of aliphatic imine (C=N–C) groups is 1. The molecule has 3 nitrogen and oxygen atoms in total. The van der Waals surface area contributed by atoms with Crippen molar-refractivity contribution in [2.24, 2.45) is 4.99 Å². The van der Waals surface area contributed by atoms with Crippen molar-refractivity contribution in [3.63, 3.8) is 0 Å². The summed E-state index contributed by atoms with van der Waals surface area (Å²) in [7, 11) is 1.82. The highest BCUT2D eigenvalue weighted by atomic mass is 15.0. The minimum atomic E-state index is 0.869. The summed E-state index contributed by atoms with van der Waals surface area (Å²) < 4.78 is 2.18. The number of rotatable bonds is 3. The first-order valence-electron chi connectivity index (χ1n) is 6.54. The molecule has 0 aliphatic heterocycles. The van der Waals surface area contributed by atoms with Crippen molar-refractivity contribution in [2.75, 3.05) is 7.05 Å². The van der Waals surface area contributed by atoms with Crippen molar-refractivity contribution in [1.82, 2.24) is 9.55 Å². The number of hydrogen-bond acceptors (Lipinski definition) is 2. The predicted molar refractivity (Wildman–Crippen MR) is 80.2 cm³/mol. The van der Waals surface area contributed by atoms with E-state index in [-0.39, 0.29) is 0 Å². The van der Waals surface area contributed by atoms with Crippen molar-refractivity contribution in [3.05, 3.63) is 52.1 Å². The van der Waals surface area contributed by atoms with Gasteiger partial charge in [-0.15, -0.1) is 0 Å². The molecule has 2 rings (SSSR count). The molecule has 1 aromatic carbocycles. The monoisotopic (exact) mass is 255 g/mol. The standard InChI is InChI=1S/C16H21N3/c1-11-8-12(2)16(13(3)15(11)9-17-5)10-19-7-6-18-14(19)4/h6-9H,10H2,1-5H3/b17-9+. The van der Waals surface area contributed by atoms with Gasteiger partial charge in [0, 0.05) is 32.2 Å². The van der Waals surface area contributed by atoms with Crippen LogP contribution in [0, 0.1) is 27.7 Å². The van der Waals surface area contributed by atoms with Gasteiger partial charge in [-0.1, -0.05) is 6.07 Å². The fraction of sp³-hybridized carbons (Fsp3) is 0.375. The van der Waals surface area contributed by atoms with Gasteiger partial charge in [-0.3, -0.25) is 4.99 Å². The van der Waals surface area contributed by atoms with Crippen LogP contribution in [0.25, 0.3) is 0 Å². The maximum atomic E-state index is 4.29. The average molecular weight is 255 g/mol. The Morgan fingerprint density at radius 1 is 1.21 bits per heavy atom. The van der Waals surface area contributed by atoms with Crippen LogP contribution in [-0.4, -0.2) is 22.8 Å². The molecule has 1 aromatic heterocycles. The SMILES string of the molecule is C/N=C/c1c(C)cc(C)c(Cn2ccnc2C)c1C. The number of hydrogen-bond donors (Lipinski definition) is 0. The van der Waals surface area contributed by atoms with Crippen LogP contribution in [-0.2, 0) is 6.54 Å². The molecule has 0 aliphatic rings. The van der Waals surface area contributed by atoms with Crippen LogP contribution < -0.4 is 0 Å². The molecule has 0 aliphatic carbocycles. The highest BCUT2D eigenvalue weighted by molar-refractivity contribution is 5.84. The van der Waals surface area contributed by atoms with E-state index >= 15 is 0 Å². The van der Waals surface area contributed by atoms with Gasteiger partial charge < -0.3 is 4.57 Å². The number of imidazole rings is 1. The van der Waals surface area contributed by atoms with Crippen LogP contribution in [0.4, 0.5) is 0 Å². The quantitative estimate of drug-likeness (QED) is 0.775. The molecule has 1 heterocycles. The Bertz CT molecular complexity index is 621. The Balaban J connectivity index is 2.51. The van der Waals surface area contributed by atoms with E-state index in [1.165, 1.54) is 27.8 Å². The normalized spacial score (nSPS) is 11.4. The summed E-state index contributed by atoms with van der Waals surface area (Å²) >= 11 is 0. The van der Waals surface area contributed by atoms with Gasteiger partial charge in [0.25, 0.3) is 0 Å². The first-order chi connectivity index (χ1) is 9.04. The Kier molecular flexibility index (Phi) is 3.84. The van der Waals surface area contributed by atoms with E-state index in [4.69, 9.17) is 0 Å². The first kappa shape index (κ1) is 13.5. The zero-order valence-electron chi connectivity index (χ0n) is 12.4. The van der Waals surface area contributed by atoms with Crippen LogP contribution >= 0.6 is 0 Å². The van der Waals surface area contributed by atoms with Gasteiger partial charge in [-0.2, -0.15) is 0 Å². The molecule has 0 unspecified atom stereocenters. The highest BCUT2D eigenvalue weighted by Gasteiger charge is 2.10. The molecule has 0 N–H and O–H groups in total. The van der Waals surface area contributed by atoms with Crippen LogP contribution in [0.3, 0.4) is 0 Å². The number of nitrogens with zero attached hydrogens (tertiary/aromatic N) is 3. The Labute approximate surface area is 115 Å². The predicted octanol–water partition coefficient (Wildman–Crippen LogP) is 3.21. The second kappa shape index (κ2) is 5.39. The van der Waals surface area contributed by atoms with Gasteiger partial charge in [0.05, 0.1) is 0 Å². The zero-order chi connectivity index (χ0) is 14.0. The fourth-order valence-electron chi connectivity index (χ4n) is 2.56. The first-order valence-corrected chi connectivity index (χ1v) is 6.54. The minimum absolute atomic E-state index is 0.869. The van der Waals surface area contributed by atoms with E-state index in [0.717, 1.165) is 12.4 Å². The fourth-order valence-corrected chi connectivity index (χ4v) is 2.56. The van der Waals surface area contributed by atoms with Gasteiger partial charge in [0.15, 0.2) is 0 Å². The molecule has 0 radical (unpaired) electrons. The maximum absolute atomic E-state index is 4.29. The Hall–Kier alpha value is -1.90. The molecular formula is C16H21N3. The summed E-state index contributed by atoms with van der Waals surface area (Å²) in [6.07, 6.45) is 5.83. The van der Waals surface area contributed by atoms with E-state index < -0.39 is 0 Å². The minimum Gasteiger partial charge on any atom is -0.331 e. The lowest BCUT2D eigenvalue weighted by Gasteiger charge is -2.16. The second-order valence-corrected chi connectivity index (χ2v) is 5.02. The van der Waals surface area contributed by atoms with Gasteiger partial charge in [0.1, 0.15) is 5.82 Å². The molecule has 0 spiro atoms.